The highest BCUT2D eigenvalue weighted by Gasteiger charge is 2.16. The summed E-state index contributed by atoms with van der Waals surface area (Å²) in [4.78, 5) is 17.8. The topological polar surface area (TPSA) is 86.1 Å². The van der Waals surface area contributed by atoms with Gasteiger partial charge in [-0.1, -0.05) is 12.1 Å². The van der Waals surface area contributed by atoms with E-state index in [4.69, 9.17) is 4.74 Å². The summed E-state index contributed by atoms with van der Waals surface area (Å²) < 4.78 is 20.2. The molecule has 1 atom stereocenters. The SMILES string of the molecule is Cc1cc(CC(=O)Nc2cnn(C(C)(C)C)c2)ccc1Oc1ccnc2cc(C)c(S(C)=O)cc12. The second-order valence-corrected chi connectivity index (χ2v) is 11.0. The number of ether oxygens (including phenoxy) is 1. The summed E-state index contributed by atoms with van der Waals surface area (Å²) in [6, 6.07) is 11.3. The van der Waals surface area contributed by atoms with Gasteiger partial charge in [-0.25, -0.2) is 0 Å². The summed E-state index contributed by atoms with van der Waals surface area (Å²) >= 11 is 0. The molecule has 4 aromatic rings. The zero-order valence-electron chi connectivity index (χ0n) is 20.9. The van der Waals surface area contributed by atoms with Crippen LogP contribution in [-0.2, 0) is 27.6 Å². The van der Waals surface area contributed by atoms with Crippen LogP contribution >= 0.6 is 0 Å². The number of hydrogen-bond donors (Lipinski definition) is 1. The van der Waals surface area contributed by atoms with Gasteiger partial charge in [0.05, 0.1) is 40.2 Å². The van der Waals surface area contributed by atoms with Crippen LogP contribution in [-0.4, -0.2) is 31.1 Å². The fourth-order valence-electron chi connectivity index (χ4n) is 3.85. The summed E-state index contributed by atoms with van der Waals surface area (Å²) in [5.41, 5.74) is 4.04. The first-order chi connectivity index (χ1) is 16.5. The number of anilines is 1. The number of nitrogens with one attached hydrogen (secondary N) is 1. The van der Waals surface area contributed by atoms with E-state index in [-0.39, 0.29) is 17.9 Å². The lowest BCUT2D eigenvalue weighted by molar-refractivity contribution is -0.115. The summed E-state index contributed by atoms with van der Waals surface area (Å²) in [5.74, 6) is 1.22. The Morgan fingerprint density at radius 3 is 2.51 bits per heavy atom. The lowest BCUT2D eigenvalue weighted by Gasteiger charge is -2.18. The van der Waals surface area contributed by atoms with Crippen molar-refractivity contribution in [3.05, 3.63) is 71.7 Å². The molecule has 2 aromatic heterocycles. The smallest absolute Gasteiger partial charge is 0.228 e. The predicted molar refractivity (Wildman–Crippen MR) is 140 cm³/mol. The lowest BCUT2D eigenvalue weighted by atomic mass is 10.1. The number of nitrogens with zero attached hydrogens (tertiary/aromatic N) is 3. The third kappa shape index (κ3) is 5.59. The minimum atomic E-state index is -1.11. The largest absolute Gasteiger partial charge is 0.456 e. The normalized spacial score (nSPS) is 12.5. The van der Waals surface area contributed by atoms with E-state index in [0.717, 1.165) is 32.5 Å². The van der Waals surface area contributed by atoms with Crippen molar-refractivity contribution in [2.75, 3.05) is 11.6 Å². The van der Waals surface area contributed by atoms with Gasteiger partial charge in [-0.2, -0.15) is 5.10 Å². The van der Waals surface area contributed by atoms with Crippen LogP contribution in [0.3, 0.4) is 0 Å². The van der Waals surface area contributed by atoms with Crippen LogP contribution < -0.4 is 10.1 Å². The first kappa shape index (κ1) is 24.6. The third-order valence-corrected chi connectivity index (χ3v) is 6.74. The Bertz CT molecular complexity index is 1440. The van der Waals surface area contributed by atoms with Gasteiger partial charge in [-0.3, -0.25) is 18.7 Å². The Balaban J connectivity index is 1.50. The van der Waals surface area contributed by atoms with Crippen molar-refractivity contribution in [2.24, 2.45) is 0 Å². The maximum Gasteiger partial charge on any atom is 0.228 e. The number of hydrogen-bond acceptors (Lipinski definition) is 5. The molecule has 0 saturated carbocycles. The number of amides is 1. The fraction of sp³-hybridized carbons (Fsp3) is 0.296. The van der Waals surface area contributed by atoms with Crippen LogP contribution in [0.4, 0.5) is 5.69 Å². The van der Waals surface area contributed by atoms with Gasteiger partial charge >= 0.3 is 0 Å². The van der Waals surface area contributed by atoms with Gasteiger partial charge in [0.15, 0.2) is 0 Å². The fourth-order valence-corrected chi connectivity index (χ4v) is 4.65. The highest BCUT2D eigenvalue weighted by Crippen LogP contribution is 2.33. The average Bonchev–Trinajstić information content (AvgIpc) is 3.24. The molecule has 182 valence electrons. The van der Waals surface area contributed by atoms with Gasteiger partial charge in [-0.05, 0) is 75.6 Å². The zero-order valence-corrected chi connectivity index (χ0v) is 21.7. The molecule has 0 aliphatic rings. The number of carbonyl (C=O) groups is 1. The minimum Gasteiger partial charge on any atom is -0.456 e. The van der Waals surface area contributed by atoms with Gasteiger partial charge in [0.25, 0.3) is 0 Å². The first-order valence-electron chi connectivity index (χ1n) is 11.4. The number of rotatable bonds is 6. The van der Waals surface area contributed by atoms with E-state index in [1.54, 1.807) is 24.7 Å². The highest BCUT2D eigenvalue weighted by atomic mass is 32.2. The van der Waals surface area contributed by atoms with Crippen LogP contribution in [0.2, 0.25) is 0 Å². The number of aromatic nitrogens is 3. The van der Waals surface area contributed by atoms with Crippen LogP contribution in [0.25, 0.3) is 10.9 Å². The molecular weight excluding hydrogens is 460 g/mol. The van der Waals surface area contributed by atoms with Crippen molar-refractivity contribution >= 4 is 33.3 Å². The molecule has 0 bridgehead atoms. The summed E-state index contributed by atoms with van der Waals surface area (Å²) in [6.07, 6.45) is 7.10. The van der Waals surface area contributed by atoms with Gasteiger partial charge in [-0.15, -0.1) is 0 Å². The van der Waals surface area contributed by atoms with Crippen molar-refractivity contribution in [1.82, 2.24) is 14.8 Å². The van der Waals surface area contributed by atoms with E-state index >= 15 is 0 Å². The Kier molecular flexibility index (Phi) is 6.76. The van der Waals surface area contributed by atoms with Crippen LogP contribution in [0.15, 0.2) is 59.9 Å². The molecule has 8 heteroatoms. The summed E-state index contributed by atoms with van der Waals surface area (Å²) in [5, 5.41) is 8.04. The summed E-state index contributed by atoms with van der Waals surface area (Å²) in [6.45, 7) is 10.0. The molecule has 7 nitrogen and oxygen atoms in total. The van der Waals surface area contributed by atoms with Crippen LogP contribution in [0.5, 0.6) is 11.5 Å². The predicted octanol–water partition coefficient (Wildman–Crippen LogP) is 5.51. The third-order valence-electron chi connectivity index (χ3n) is 5.69. The van der Waals surface area contributed by atoms with E-state index in [9.17, 15) is 9.00 Å². The average molecular weight is 491 g/mol. The van der Waals surface area contributed by atoms with Crippen molar-refractivity contribution in [1.29, 1.82) is 0 Å². The van der Waals surface area contributed by atoms with E-state index < -0.39 is 10.8 Å². The van der Waals surface area contributed by atoms with Gasteiger partial charge in [0.1, 0.15) is 11.5 Å². The molecule has 1 N–H and O–H groups in total. The molecule has 0 saturated heterocycles. The van der Waals surface area contributed by atoms with E-state index in [0.29, 0.717) is 17.2 Å². The van der Waals surface area contributed by atoms with Crippen molar-refractivity contribution in [3.8, 4) is 11.5 Å². The Morgan fingerprint density at radius 1 is 1.09 bits per heavy atom. The molecule has 0 fully saturated rings. The monoisotopic (exact) mass is 490 g/mol. The molecule has 2 heterocycles. The van der Waals surface area contributed by atoms with Crippen LogP contribution in [0, 0.1) is 13.8 Å². The van der Waals surface area contributed by atoms with Crippen molar-refractivity contribution < 1.29 is 13.7 Å². The molecule has 0 radical (unpaired) electrons. The quantitative estimate of drug-likeness (QED) is 0.385. The van der Waals surface area contributed by atoms with Crippen LogP contribution in [0.1, 0.15) is 37.5 Å². The molecule has 0 aliphatic carbocycles. The molecule has 2 aromatic carbocycles. The van der Waals surface area contributed by atoms with E-state index in [2.05, 4.69) is 36.2 Å². The van der Waals surface area contributed by atoms with Gasteiger partial charge in [0, 0.05) is 28.9 Å². The zero-order chi connectivity index (χ0) is 25.3. The Morgan fingerprint density at radius 2 is 1.86 bits per heavy atom. The van der Waals surface area contributed by atoms with Gasteiger partial charge in [0.2, 0.25) is 5.91 Å². The standard InChI is InChI=1S/C27H30N4O3S/c1-17-11-19(13-26(32)30-20-15-29-31(16-20)27(3,4)5)7-8-23(17)34-24-9-10-28-22-12-18(2)25(35(6)33)14-21(22)24/h7-12,14-16H,13H2,1-6H3,(H,30,32). The van der Waals surface area contributed by atoms with E-state index in [1.807, 2.05) is 55.1 Å². The number of benzene rings is 2. The maximum absolute atomic E-state index is 12.6. The van der Waals surface area contributed by atoms with Gasteiger partial charge < -0.3 is 10.1 Å². The van der Waals surface area contributed by atoms with Crippen molar-refractivity contribution in [3.63, 3.8) is 0 Å². The van der Waals surface area contributed by atoms with E-state index in [1.165, 1.54) is 0 Å². The Hall–Kier alpha value is -3.52. The van der Waals surface area contributed by atoms with Crippen molar-refractivity contribution in [2.45, 2.75) is 51.5 Å². The molecular formula is C27H30N4O3S. The molecule has 1 amide bonds. The Labute approximate surface area is 208 Å². The molecule has 0 spiro atoms. The number of carbonyl (C=O) groups excluding carboxylic acids is 1. The number of aryl methyl sites for hydroxylation is 2. The first-order valence-corrected chi connectivity index (χ1v) is 12.9. The number of fused-ring (bicyclic) bond motifs is 1. The molecule has 35 heavy (non-hydrogen) atoms. The molecule has 4 rings (SSSR count). The summed E-state index contributed by atoms with van der Waals surface area (Å²) in [7, 11) is -1.11. The molecule has 0 aliphatic heterocycles. The maximum atomic E-state index is 12.6. The molecule has 1 unspecified atom stereocenters. The number of pyridine rings is 1. The second-order valence-electron chi connectivity index (χ2n) is 9.67. The lowest BCUT2D eigenvalue weighted by Crippen LogP contribution is -2.22. The minimum absolute atomic E-state index is 0.109. The highest BCUT2D eigenvalue weighted by molar-refractivity contribution is 7.84. The second kappa shape index (κ2) is 9.62.